The topological polar surface area (TPSA) is 32.7 Å². The number of morpholine rings is 1. The quantitative estimate of drug-likeness (QED) is 0.599. The minimum Gasteiger partial charge on any atom is -0.376 e. The second kappa shape index (κ2) is 3.27. The molecule has 1 rings (SSSR count). The highest BCUT2D eigenvalue weighted by molar-refractivity contribution is 6.19. The Labute approximate surface area is 71.9 Å². The molecule has 0 radical (unpaired) electrons. The van der Waals surface area contributed by atoms with Crippen molar-refractivity contribution in [2.75, 3.05) is 19.7 Å². The van der Waals surface area contributed by atoms with Crippen molar-refractivity contribution in [2.45, 2.75) is 25.1 Å². The van der Waals surface area contributed by atoms with E-state index in [4.69, 9.17) is 16.3 Å². The standard InChI is InChI=1S/C7H14ClNO2/c1-7(2,10)9-3-4-11-6(8)5-9/h6,10H,3-5H2,1-2H3. The van der Waals surface area contributed by atoms with E-state index in [1.165, 1.54) is 0 Å². The van der Waals surface area contributed by atoms with Gasteiger partial charge in [-0.25, -0.2) is 0 Å². The molecule has 11 heavy (non-hydrogen) atoms. The number of rotatable bonds is 1. The minimum atomic E-state index is -0.781. The van der Waals surface area contributed by atoms with Crippen molar-refractivity contribution < 1.29 is 9.84 Å². The first-order chi connectivity index (χ1) is 5.00. The monoisotopic (exact) mass is 179 g/mol. The van der Waals surface area contributed by atoms with Gasteiger partial charge in [0, 0.05) is 13.1 Å². The molecule has 0 aromatic carbocycles. The summed E-state index contributed by atoms with van der Waals surface area (Å²) in [6.07, 6.45) is 0. The second-order valence-electron chi connectivity index (χ2n) is 3.22. The second-order valence-corrected chi connectivity index (χ2v) is 3.71. The number of halogens is 1. The van der Waals surface area contributed by atoms with Gasteiger partial charge in [-0.1, -0.05) is 11.6 Å². The fourth-order valence-electron chi connectivity index (χ4n) is 1.11. The SMILES string of the molecule is CC(C)(O)N1CCOC(Cl)C1. The first-order valence-electron chi connectivity index (χ1n) is 3.73. The first kappa shape index (κ1) is 9.26. The van der Waals surface area contributed by atoms with E-state index in [9.17, 15) is 5.11 Å². The van der Waals surface area contributed by atoms with Gasteiger partial charge in [0.25, 0.3) is 0 Å². The molecule has 0 bridgehead atoms. The van der Waals surface area contributed by atoms with Gasteiger partial charge in [0.2, 0.25) is 0 Å². The van der Waals surface area contributed by atoms with Crippen molar-refractivity contribution in [1.82, 2.24) is 4.90 Å². The molecular formula is C7H14ClNO2. The molecule has 66 valence electrons. The fourth-order valence-corrected chi connectivity index (χ4v) is 1.36. The highest BCUT2D eigenvalue weighted by atomic mass is 35.5. The van der Waals surface area contributed by atoms with Crippen molar-refractivity contribution in [3.05, 3.63) is 0 Å². The molecular weight excluding hydrogens is 166 g/mol. The van der Waals surface area contributed by atoms with Crippen molar-refractivity contribution in [3.63, 3.8) is 0 Å². The molecule has 1 aliphatic rings. The van der Waals surface area contributed by atoms with Crippen LogP contribution in [0.5, 0.6) is 0 Å². The van der Waals surface area contributed by atoms with E-state index in [0.29, 0.717) is 13.2 Å². The van der Waals surface area contributed by atoms with E-state index in [1.54, 1.807) is 13.8 Å². The molecule has 1 heterocycles. The predicted molar refractivity (Wildman–Crippen MR) is 43.5 cm³/mol. The van der Waals surface area contributed by atoms with Gasteiger partial charge in [0.15, 0.2) is 0 Å². The van der Waals surface area contributed by atoms with Crippen LogP contribution in [0.2, 0.25) is 0 Å². The van der Waals surface area contributed by atoms with Crippen molar-refractivity contribution in [3.8, 4) is 0 Å². The average molecular weight is 180 g/mol. The molecule has 0 saturated carbocycles. The van der Waals surface area contributed by atoms with Gasteiger partial charge in [0.1, 0.15) is 11.3 Å². The number of aliphatic hydroxyl groups is 1. The number of hydrogen-bond acceptors (Lipinski definition) is 3. The zero-order valence-electron chi connectivity index (χ0n) is 6.88. The Hall–Kier alpha value is 0.170. The summed E-state index contributed by atoms with van der Waals surface area (Å²) in [7, 11) is 0. The zero-order valence-corrected chi connectivity index (χ0v) is 7.64. The van der Waals surface area contributed by atoms with Gasteiger partial charge >= 0.3 is 0 Å². The van der Waals surface area contributed by atoms with Gasteiger partial charge < -0.3 is 9.84 Å². The Bertz CT molecular complexity index is 135. The molecule has 1 unspecified atom stereocenters. The third kappa shape index (κ3) is 2.60. The maximum absolute atomic E-state index is 9.57. The van der Waals surface area contributed by atoms with Gasteiger partial charge in [-0.3, -0.25) is 4.90 Å². The Balaban J connectivity index is 2.46. The lowest BCUT2D eigenvalue weighted by Gasteiger charge is -2.38. The summed E-state index contributed by atoms with van der Waals surface area (Å²) >= 11 is 5.74. The molecule has 1 N–H and O–H groups in total. The zero-order chi connectivity index (χ0) is 8.48. The van der Waals surface area contributed by atoms with Gasteiger partial charge in [0.05, 0.1) is 6.61 Å². The summed E-state index contributed by atoms with van der Waals surface area (Å²) in [5, 5.41) is 9.57. The largest absolute Gasteiger partial charge is 0.376 e. The van der Waals surface area contributed by atoms with Gasteiger partial charge in [-0.2, -0.15) is 0 Å². The molecule has 1 aliphatic heterocycles. The molecule has 4 heteroatoms. The fraction of sp³-hybridized carbons (Fsp3) is 1.00. The molecule has 3 nitrogen and oxygen atoms in total. The maximum Gasteiger partial charge on any atom is 0.143 e. The van der Waals surface area contributed by atoms with Crippen LogP contribution in [0.15, 0.2) is 0 Å². The highest BCUT2D eigenvalue weighted by Crippen LogP contribution is 2.16. The van der Waals surface area contributed by atoms with Crippen LogP contribution < -0.4 is 0 Å². The number of alkyl halides is 1. The maximum atomic E-state index is 9.57. The summed E-state index contributed by atoms with van der Waals surface area (Å²) in [5.41, 5.74) is -1.06. The molecule has 0 aromatic rings. The van der Waals surface area contributed by atoms with Crippen LogP contribution >= 0.6 is 11.6 Å². The summed E-state index contributed by atoms with van der Waals surface area (Å²) in [6, 6.07) is 0. The smallest absolute Gasteiger partial charge is 0.143 e. The van der Waals surface area contributed by atoms with E-state index >= 15 is 0 Å². The van der Waals surface area contributed by atoms with Crippen molar-refractivity contribution in [1.29, 1.82) is 0 Å². The normalized spacial score (nSPS) is 28.9. The van der Waals surface area contributed by atoms with Crippen LogP contribution in [-0.4, -0.2) is 41.0 Å². The highest BCUT2D eigenvalue weighted by Gasteiger charge is 2.28. The van der Waals surface area contributed by atoms with Crippen LogP contribution in [0.25, 0.3) is 0 Å². The molecule has 1 fully saturated rings. The van der Waals surface area contributed by atoms with Crippen LogP contribution in [0, 0.1) is 0 Å². The molecule has 0 amide bonds. The van der Waals surface area contributed by atoms with E-state index < -0.39 is 5.72 Å². The Morgan fingerprint density at radius 3 is 2.64 bits per heavy atom. The minimum absolute atomic E-state index is 0.282. The lowest BCUT2D eigenvalue weighted by molar-refractivity contribution is -0.124. The molecule has 1 saturated heterocycles. The van der Waals surface area contributed by atoms with Crippen molar-refractivity contribution >= 4 is 11.6 Å². The van der Waals surface area contributed by atoms with Crippen LogP contribution in [-0.2, 0) is 4.74 Å². The summed E-state index contributed by atoms with van der Waals surface area (Å²) < 4.78 is 5.12. The number of nitrogens with zero attached hydrogens (tertiary/aromatic N) is 1. The molecule has 0 aliphatic carbocycles. The molecule has 1 atom stereocenters. The summed E-state index contributed by atoms with van der Waals surface area (Å²) in [4.78, 5) is 1.90. The van der Waals surface area contributed by atoms with Crippen molar-refractivity contribution in [2.24, 2.45) is 0 Å². The third-order valence-corrected chi connectivity index (χ3v) is 2.06. The average Bonchev–Trinajstić information content (AvgIpc) is 1.86. The Morgan fingerprint density at radius 1 is 1.64 bits per heavy atom. The van der Waals surface area contributed by atoms with E-state index in [-0.39, 0.29) is 5.56 Å². The lowest BCUT2D eigenvalue weighted by atomic mass is 10.2. The summed E-state index contributed by atoms with van der Waals surface area (Å²) in [5.74, 6) is 0. The van der Waals surface area contributed by atoms with Crippen LogP contribution in [0.1, 0.15) is 13.8 Å². The Morgan fingerprint density at radius 2 is 2.27 bits per heavy atom. The molecule has 0 spiro atoms. The summed E-state index contributed by atoms with van der Waals surface area (Å²) in [6.45, 7) is 5.43. The van der Waals surface area contributed by atoms with Gasteiger partial charge in [-0.05, 0) is 13.8 Å². The third-order valence-electron chi connectivity index (χ3n) is 1.80. The van der Waals surface area contributed by atoms with E-state index in [2.05, 4.69) is 0 Å². The predicted octanol–water partition coefficient (Wildman–Crippen LogP) is 0.612. The van der Waals surface area contributed by atoms with E-state index in [1.807, 2.05) is 4.90 Å². The molecule has 0 aromatic heterocycles. The van der Waals surface area contributed by atoms with E-state index in [0.717, 1.165) is 6.54 Å². The van der Waals surface area contributed by atoms with Crippen LogP contribution in [0.3, 0.4) is 0 Å². The van der Waals surface area contributed by atoms with Crippen LogP contribution in [0.4, 0.5) is 0 Å². The number of hydrogen-bond donors (Lipinski definition) is 1. The first-order valence-corrected chi connectivity index (χ1v) is 4.17. The number of ether oxygens (including phenoxy) is 1. The lowest BCUT2D eigenvalue weighted by Crippen LogP contribution is -2.51. The Kier molecular flexibility index (Phi) is 2.75. The van der Waals surface area contributed by atoms with Gasteiger partial charge in [-0.15, -0.1) is 0 Å².